The van der Waals surface area contributed by atoms with Crippen molar-refractivity contribution in [2.75, 3.05) is 6.61 Å². The van der Waals surface area contributed by atoms with E-state index in [0.717, 1.165) is 16.5 Å². The monoisotopic (exact) mass is 275 g/mol. The molecule has 5 nitrogen and oxygen atoms in total. The average molecular weight is 275 g/mol. The van der Waals surface area contributed by atoms with Crippen LogP contribution in [-0.2, 0) is 16.0 Å². The molecule has 0 spiro atoms. The van der Waals surface area contributed by atoms with Crippen LogP contribution in [0.2, 0.25) is 0 Å². The fourth-order valence-electron chi connectivity index (χ4n) is 2.29. The van der Waals surface area contributed by atoms with Crippen molar-refractivity contribution in [2.45, 2.75) is 26.7 Å². The van der Waals surface area contributed by atoms with E-state index in [0.29, 0.717) is 17.7 Å². The summed E-state index contributed by atoms with van der Waals surface area (Å²) < 4.78 is 5.03. The molecule has 0 radical (unpaired) electrons. The number of benzene rings is 1. The van der Waals surface area contributed by atoms with Gasteiger partial charge >= 0.3 is 11.9 Å². The van der Waals surface area contributed by atoms with Gasteiger partial charge in [-0.1, -0.05) is 18.2 Å². The van der Waals surface area contributed by atoms with Crippen molar-refractivity contribution < 1.29 is 19.4 Å². The Bertz CT molecular complexity index is 657. The number of esters is 1. The summed E-state index contributed by atoms with van der Waals surface area (Å²) in [5, 5.41) is 9.73. The fourth-order valence-corrected chi connectivity index (χ4v) is 2.29. The van der Waals surface area contributed by atoms with Crippen LogP contribution >= 0.6 is 0 Å². The summed E-state index contributed by atoms with van der Waals surface area (Å²) in [4.78, 5) is 25.8. The van der Waals surface area contributed by atoms with Gasteiger partial charge in [0.15, 0.2) is 0 Å². The third kappa shape index (κ3) is 2.66. The zero-order valence-electron chi connectivity index (χ0n) is 11.5. The molecule has 2 N–H and O–H groups in total. The van der Waals surface area contributed by atoms with E-state index in [1.165, 1.54) is 0 Å². The Morgan fingerprint density at radius 3 is 2.75 bits per heavy atom. The van der Waals surface area contributed by atoms with Crippen molar-refractivity contribution in [1.29, 1.82) is 0 Å². The van der Waals surface area contributed by atoms with Gasteiger partial charge in [-0.15, -0.1) is 0 Å². The predicted octanol–water partition coefficient (Wildman–Crippen LogP) is 2.67. The van der Waals surface area contributed by atoms with E-state index in [4.69, 9.17) is 9.84 Å². The van der Waals surface area contributed by atoms with Crippen molar-refractivity contribution in [3.05, 3.63) is 35.0 Å². The maximum absolute atomic E-state index is 12.0. The lowest BCUT2D eigenvalue weighted by Crippen LogP contribution is -2.09. The lowest BCUT2D eigenvalue weighted by Gasteiger charge is -2.03. The van der Waals surface area contributed by atoms with Gasteiger partial charge in [-0.3, -0.25) is 4.79 Å². The van der Waals surface area contributed by atoms with Crippen LogP contribution in [-0.4, -0.2) is 28.6 Å². The van der Waals surface area contributed by atoms with E-state index in [-0.39, 0.29) is 13.0 Å². The molecule has 20 heavy (non-hydrogen) atoms. The molecule has 1 heterocycles. The molecule has 0 saturated heterocycles. The summed E-state index contributed by atoms with van der Waals surface area (Å²) in [7, 11) is 0. The predicted molar refractivity (Wildman–Crippen MR) is 74.9 cm³/mol. The molecule has 0 aliphatic heterocycles. The summed E-state index contributed by atoms with van der Waals surface area (Å²) in [6.07, 6.45) is 0.278. The van der Waals surface area contributed by atoms with Crippen molar-refractivity contribution in [2.24, 2.45) is 0 Å². The molecule has 0 aliphatic rings. The maximum Gasteiger partial charge on any atom is 0.355 e. The van der Waals surface area contributed by atoms with Crippen LogP contribution in [0, 0.1) is 6.92 Å². The second-order valence-electron chi connectivity index (χ2n) is 4.59. The van der Waals surface area contributed by atoms with E-state index in [2.05, 4.69) is 4.98 Å². The summed E-state index contributed by atoms with van der Waals surface area (Å²) >= 11 is 0. The standard InChI is InChI=1S/C15H17NO4/c1-3-20-15(19)14-11(7-8-12(17)18)10-6-4-5-9(2)13(10)16-14/h4-6,16H,3,7-8H2,1-2H3,(H,17,18). The maximum atomic E-state index is 12.0. The largest absolute Gasteiger partial charge is 0.481 e. The van der Waals surface area contributed by atoms with E-state index >= 15 is 0 Å². The summed E-state index contributed by atoms with van der Waals surface area (Å²) in [6.45, 7) is 3.96. The average Bonchev–Trinajstić information content (AvgIpc) is 2.77. The van der Waals surface area contributed by atoms with Gasteiger partial charge in [-0.05, 0) is 31.4 Å². The third-order valence-corrected chi connectivity index (χ3v) is 3.22. The topological polar surface area (TPSA) is 79.4 Å². The van der Waals surface area contributed by atoms with Crippen LogP contribution in [0.4, 0.5) is 0 Å². The molecule has 5 heteroatoms. The molecule has 0 bridgehead atoms. The normalized spacial score (nSPS) is 10.7. The highest BCUT2D eigenvalue weighted by atomic mass is 16.5. The highest BCUT2D eigenvalue weighted by molar-refractivity contribution is 5.99. The molecule has 1 aromatic carbocycles. The number of aromatic amines is 1. The Balaban J connectivity index is 2.53. The fraction of sp³-hybridized carbons (Fsp3) is 0.333. The molecule has 2 rings (SSSR count). The Morgan fingerprint density at radius 2 is 2.10 bits per heavy atom. The van der Waals surface area contributed by atoms with Gasteiger partial charge < -0.3 is 14.8 Å². The lowest BCUT2D eigenvalue weighted by molar-refractivity contribution is -0.136. The van der Waals surface area contributed by atoms with Crippen LogP contribution in [0.25, 0.3) is 10.9 Å². The number of hydrogen-bond donors (Lipinski definition) is 2. The third-order valence-electron chi connectivity index (χ3n) is 3.22. The zero-order chi connectivity index (χ0) is 14.7. The summed E-state index contributed by atoms with van der Waals surface area (Å²) in [6, 6.07) is 5.72. The van der Waals surface area contributed by atoms with Crippen molar-refractivity contribution in [3.63, 3.8) is 0 Å². The van der Waals surface area contributed by atoms with Crippen molar-refractivity contribution in [3.8, 4) is 0 Å². The molecule has 2 aromatic rings. The molecular weight excluding hydrogens is 258 g/mol. The molecule has 0 aliphatic carbocycles. The second kappa shape index (κ2) is 5.77. The van der Waals surface area contributed by atoms with Crippen LogP contribution in [0.5, 0.6) is 0 Å². The van der Waals surface area contributed by atoms with Gasteiger partial charge in [0.1, 0.15) is 5.69 Å². The number of carbonyl (C=O) groups excluding carboxylic acids is 1. The molecule has 0 unspecified atom stereocenters. The first kappa shape index (κ1) is 14.1. The number of ether oxygens (including phenoxy) is 1. The number of nitrogens with one attached hydrogen (secondary N) is 1. The van der Waals surface area contributed by atoms with Crippen LogP contribution in [0.1, 0.15) is 35.0 Å². The van der Waals surface area contributed by atoms with Crippen LogP contribution in [0.15, 0.2) is 18.2 Å². The number of rotatable bonds is 5. The summed E-state index contributed by atoms with van der Waals surface area (Å²) in [5.41, 5.74) is 2.94. The van der Waals surface area contributed by atoms with E-state index in [1.807, 2.05) is 25.1 Å². The van der Waals surface area contributed by atoms with Gasteiger partial charge in [0, 0.05) is 17.3 Å². The van der Waals surface area contributed by atoms with Gasteiger partial charge in [0.25, 0.3) is 0 Å². The highest BCUT2D eigenvalue weighted by Gasteiger charge is 2.19. The molecule has 0 fully saturated rings. The Morgan fingerprint density at radius 1 is 1.35 bits per heavy atom. The number of aliphatic carboxylic acids is 1. The number of H-pyrrole nitrogens is 1. The number of para-hydroxylation sites is 1. The Hall–Kier alpha value is -2.30. The molecular formula is C15H17NO4. The lowest BCUT2D eigenvalue weighted by atomic mass is 10.0. The highest BCUT2D eigenvalue weighted by Crippen LogP contribution is 2.26. The number of carbonyl (C=O) groups is 2. The number of hydrogen-bond acceptors (Lipinski definition) is 3. The van der Waals surface area contributed by atoms with Gasteiger partial charge in [-0.25, -0.2) is 4.79 Å². The Labute approximate surface area is 116 Å². The molecule has 1 aromatic heterocycles. The van der Waals surface area contributed by atoms with E-state index < -0.39 is 11.9 Å². The minimum Gasteiger partial charge on any atom is -0.481 e. The molecule has 106 valence electrons. The number of carboxylic acids is 1. The van der Waals surface area contributed by atoms with E-state index in [1.54, 1.807) is 6.92 Å². The minimum absolute atomic E-state index is 0.0205. The van der Waals surface area contributed by atoms with Crippen molar-refractivity contribution in [1.82, 2.24) is 4.98 Å². The SMILES string of the molecule is CCOC(=O)c1[nH]c2c(C)cccc2c1CCC(=O)O. The van der Waals surface area contributed by atoms with Gasteiger partial charge in [-0.2, -0.15) is 0 Å². The number of carboxylic acid groups (broad SMARTS) is 1. The first-order chi connectivity index (χ1) is 9.54. The van der Waals surface area contributed by atoms with Crippen LogP contribution in [0.3, 0.4) is 0 Å². The molecule has 0 amide bonds. The number of fused-ring (bicyclic) bond motifs is 1. The smallest absolute Gasteiger partial charge is 0.355 e. The number of aryl methyl sites for hydroxylation is 2. The quantitative estimate of drug-likeness (QED) is 0.822. The van der Waals surface area contributed by atoms with Crippen LogP contribution < -0.4 is 0 Å². The van der Waals surface area contributed by atoms with E-state index in [9.17, 15) is 9.59 Å². The molecule has 0 saturated carbocycles. The minimum atomic E-state index is -0.887. The van der Waals surface area contributed by atoms with Crippen molar-refractivity contribution >= 4 is 22.8 Å². The first-order valence-electron chi connectivity index (χ1n) is 6.53. The van der Waals surface area contributed by atoms with Gasteiger partial charge in [0.2, 0.25) is 0 Å². The van der Waals surface area contributed by atoms with Gasteiger partial charge in [0.05, 0.1) is 6.61 Å². The zero-order valence-corrected chi connectivity index (χ0v) is 11.5. The first-order valence-corrected chi connectivity index (χ1v) is 6.53. The summed E-state index contributed by atoms with van der Waals surface area (Å²) in [5.74, 6) is -1.33. The Kier molecular flexibility index (Phi) is 4.08. The second-order valence-corrected chi connectivity index (χ2v) is 4.59. The molecule has 0 atom stereocenters. The number of aromatic nitrogens is 1.